The Morgan fingerprint density at radius 3 is 2.94 bits per heavy atom. The average Bonchev–Trinajstić information content (AvgIpc) is 2.89. The van der Waals surface area contributed by atoms with Crippen molar-refractivity contribution in [2.75, 3.05) is 6.54 Å². The van der Waals surface area contributed by atoms with Crippen LogP contribution in [0.25, 0.3) is 0 Å². The minimum Gasteiger partial charge on any atom is -0.320 e. The molecule has 0 radical (unpaired) electrons. The van der Waals surface area contributed by atoms with Crippen molar-refractivity contribution in [2.45, 2.75) is 9.96 Å². The fraction of sp³-hybridized carbons (Fsp3) is 0.143. The third-order valence-electron chi connectivity index (χ3n) is 2.23. The molecule has 1 nitrogen and oxygen atoms in total. The van der Waals surface area contributed by atoms with Crippen molar-refractivity contribution in [1.29, 1.82) is 0 Å². The summed E-state index contributed by atoms with van der Waals surface area (Å²) in [6.45, 7) is 0.244. The first kappa shape index (κ1) is 13.2. The number of hydrogen-bond acceptors (Lipinski definition) is 3. The third kappa shape index (κ3) is 3.61. The lowest BCUT2D eigenvalue weighted by Crippen LogP contribution is -1.94. The summed E-state index contributed by atoms with van der Waals surface area (Å²) >= 11 is 3.45. The number of benzene rings is 1. The van der Waals surface area contributed by atoms with E-state index in [1.165, 1.54) is 10.3 Å². The van der Waals surface area contributed by atoms with Crippen molar-refractivity contribution in [1.82, 2.24) is 0 Å². The lowest BCUT2D eigenvalue weighted by molar-refractivity contribution is 0.624. The van der Waals surface area contributed by atoms with Crippen LogP contribution in [0, 0.1) is 17.7 Å². The van der Waals surface area contributed by atoms with E-state index in [1.54, 1.807) is 35.2 Å². The highest BCUT2D eigenvalue weighted by atomic mass is 32.2. The van der Waals surface area contributed by atoms with Gasteiger partial charge in [0.15, 0.2) is 0 Å². The first-order valence-electron chi connectivity index (χ1n) is 5.43. The molecule has 1 aromatic heterocycles. The fourth-order valence-electron chi connectivity index (χ4n) is 1.40. The molecule has 0 amide bonds. The highest BCUT2D eigenvalue weighted by molar-refractivity contribution is 8.00. The number of rotatable bonds is 3. The van der Waals surface area contributed by atoms with Gasteiger partial charge in [-0.2, -0.15) is 0 Å². The molecule has 2 aromatic rings. The molecule has 0 bridgehead atoms. The van der Waals surface area contributed by atoms with E-state index in [-0.39, 0.29) is 12.4 Å². The molecule has 92 valence electrons. The molecule has 0 saturated carbocycles. The van der Waals surface area contributed by atoms with Gasteiger partial charge in [0.2, 0.25) is 0 Å². The zero-order valence-electron chi connectivity index (χ0n) is 9.65. The lowest BCUT2D eigenvalue weighted by atomic mass is 10.1. The second-order valence-corrected chi connectivity index (χ2v) is 5.76. The summed E-state index contributed by atoms with van der Waals surface area (Å²) < 4.78 is 14.7. The van der Waals surface area contributed by atoms with Crippen molar-refractivity contribution in [3.05, 3.63) is 52.7 Å². The Labute approximate surface area is 114 Å². The van der Waals surface area contributed by atoms with Gasteiger partial charge in [0.25, 0.3) is 0 Å². The maximum atomic E-state index is 13.5. The Hall–Kier alpha value is -1.28. The van der Waals surface area contributed by atoms with Crippen molar-refractivity contribution < 1.29 is 4.39 Å². The summed E-state index contributed by atoms with van der Waals surface area (Å²) in [6, 6.07) is 9.15. The summed E-state index contributed by atoms with van der Waals surface area (Å²) in [5.74, 6) is 5.95. The standard InChI is InChI=1S/C14H12FNS2/c15-13-6-5-11(9-12(13)3-1-7-16)10-18-14-4-2-8-17-14/h2,4-6,8-9H,7,10,16H2. The molecular formula is C14H12FNS2. The van der Waals surface area contributed by atoms with Gasteiger partial charge in [-0.1, -0.05) is 24.0 Å². The molecule has 0 aliphatic carbocycles. The van der Waals surface area contributed by atoms with Gasteiger partial charge in [-0.25, -0.2) is 4.39 Å². The van der Waals surface area contributed by atoms with Crippen molar-refractivity contribution in [2.24, 2.45) is 5.73 Å². The molecule has 4 heteroatoms. The van der Waals surface area contributed by atoms with Gasteiger partial charge < -0.3 is 5.73 Å². The number of halogens is 1. The SMILES string of the molecule is NCC#Cc1cc(CSc2cccs2)ccc1F. The van der Waals surface area contributed by atoms with Crippen molar-refractivity contribution in [3.8, 4) is 11.8 Å². The van der Waals surface area contributed by atoms with E-state index in [0.717, 1.165) is 11.3 Å². The number of thioether (sulfide) groups is 1. The van der Waals surface area contributed by atoms with Gasteiger partial charge in [0.1, 0.15) is 5.82 Å². The molecule has 0 saturated heterocycles. The molecule has 0 unspecified atom stereocenters. The predicted octanol–water partition coefficient (Wildman–Crippen LogP) is 3.49. The highest BCUT2D eigenvalue weighted by Crippen LogP contribution is 2.27. The van der Waals surface area contributed by atoms with Gasteiger partial charge in [-0.3, -0.25) is 0 Å². The predicted molar refractivity (Wildman–Crippen MR) is 76.2 cm³/mol. The van der Waals surface area contributed by atoms with Gasteiger partial charge in [0, 0.05) is 5.75 Å². The van der Waals surface area contributed by atoms with E-state index < -0.39 is 0 Å². The number of hydrogen-bond donors (Lipinski definition) is 1. The Morgan fingerprint density at radius 2 is 2.22 bits per heavy atom. The largest absolute Gasteiger partial charge is 0.320 e. The molecule has 1 aromatic carbocycles. The van der Waals surface area contributed by atoms with Crippen LogP contribution in [0.4, 0.5) is 4.39 Å². The Balaban J connectivity index is 2.09. The molecule has 0 aliphatic rings. The van der Waals surface area contributed by atoms with Gasteiger partial charge in [0.05, 0.1) is 16.3 Å². The lowest BCUT2D eigenvalue weighted by Gasteiger charge is -2.02. The quantitative estimate of drug-likeness (QED) is 0.686. The first-order chi connectivity index (χ1) is 8.79. The van der Waals surface area contributed by atoms with Crippen LogP contribution >= 0.6 is 23.1 Å². The zero-order valence-corrected chi connectivity index (χ0v) is 11.3. The van der Waals surface area contributed by atoms with Gasteiger partial charge in [-0.15, -0.1) is 23.1 Å². The normalized spacial score (nSPS) is 9.89. The maximum Gasteiger partial charge on any atom is 0.138 e. The van der Waals surface area contributed by atoms with Crippen LogP contribution in [0.3, 0.4) is 0 Å². The second kappa shape index (κ2) is 6.60. The average molecular weight is 277 g/mol. The molecular weight excluding hydrogens is 265 g/mol. The fourth-order valence-corrected chi connectivity index (χ4v) is 3.13. The second-order valence-electron chi connectivity index (χ2n) is 3.54. The minimum absolute atomic E-state index is 0.244. The van der Waals surface area contributed by atoms with Crippen LogP contribution in [0.15, 0.2) is 39.9 Å². The molecule has 2 rings (SSSR count). The zero-order chi connectivity index (χ0) is 12.8. The van der Waals surface area contributed by atoms with E-state index in [2.05, 4.69) is 17.9 Å². The molecule has 0 aliphatic heterocycles. The van der Waals surface area contributed by atoms with Crippen LogP contribution in [0.1, 0.15) is 11.1 Å². The Morgan fingerprint density at radius 1 is 1.33 bits per heavy atom. The number of nitrogens with two attached hydrogens (primary N) is 1. The molecule has 0 fully saturated rings. The molecule has 0 atom stereocenters. The summed E-state index contributed by atoms with van der Waals surface area (Å²) in [5.41, 5.74) is 6.78. The summed E-state index contributed by atoms with van der Waals surface area (Å²) in [4.78, 5) is 0. The molecule has 0 spiro atoms. The molecule has 18 heavy (non-hydrogen) atoms. The molecule has 1 heterocycles. The van der Waals surface area contributed by atoms with E-state index in [4.69, 9.17) is 5.73 Å². The Bertz CT molecular complexity index is 567. The monoisotopic (exact) mass is 277 g/mol. The first-order valence-corrected chi connectivity index (χ1v) is 7.30. The summed E-state index contributed by atoms with van der Waals surface area (Å²) in [5, 5.41) is 2.05. The van der Waals surface area contributed by atoms with Gasteiger partial charge in [-0.05, 0) is 29.1 Å². The summed E-state index contributed by atoms with van der Waals surface area (Å²) in [6.07, 6.45) is 0. The van der Waals surface area contributed by atoms with Crippen LogP contribution in [-0.2, 0) is 5.75 Å². The van der Waals surface area contributed by atoms with Crippen LogP contribution in [0.5, 0.6) is 0 Å². The van der Waals surface area contributed by atoms with E-state index in [0.29, 0.717) is 5.56 Å². The van der Waals surface area contributed by atoms with Gasteiger partial charge >= 0.3 is 0 Å². The topological polar surface area (TPSA) is 26.0 Å². The van der Waals surface area contributed by atoms with Crippen LogP contribution in [0.2, 0.25) is 0 Å². The maximum absolute atomic E-state index is 13.5. The smallest absolute Gasteiger partial charge is 0.138 e. The van der Waals surface area contributed by atoms with E-state index in [9.17, 15) is 4.39 Å². The third-order valence-corrected chi connectivity index (χ3v) is 4.43. The highest BCUT2D eigenvalue weighted by Gasteiger charge is 2.02. The van der Waals surface area contributed by atoms with E-state index in [1.807, 2.05) is 11.4 Å². The van der Waals surface area contributed by atoms with Crippen LogP contribution in [-0.4, -0.2) is 6.54 Å². The van der Waals surface area contributed by atoms with Crippen molar-refractivity contribution in [3.63, 3.8) is 0 Å². The minimum atomic E-state index is -0.291. The summed E-state index contributed by atoms with van der Waals surface area (Å²) in [7, 11) is 0. The molecule has 2 N–H and O–H groups in total. The van der Waals surface area contributed by atoms with Crippen molar-refractivity contribution >= 4 is 23.1 Å². The van der Waals surface area contributed by atoms with E-state index >= 15 is 0 Å². The Kier molecular flexibility index (Phi) is 4.82. The number of thiophene rings is 1. The van der Waals surface area contributed by atoms with Crippen LogP contribution < -0.4 is 5.73 Å².